The number of nitrogens with one attached hydrogen (secondary N) is 1. The Kier molecular flexibility index (Phi) is 5.96. The maximum atomic E-state index is 14.2. The van der Waals surface area contributed by atoms with Gasteiger partial charge in [0, 0.05) is 30.1 Å². The Morgan fingerprint density at radius 2 is 1.84 bits per heavy atom. The number of fused-ring (bicyclic) bond motifs is 1. The molecule has 4 nitrogen and oxygen atoms in total. The topological polar surface area (TPSA) is 45.2 Å². The van der Waals surface area contributed by atoms with Gasteiger partial charge in [0.25, 0.3) is 0 Å². The summed E-state index contributed by atoms with van der Waals surface area (Å²) in [5.41, 5.74) is 4.05. The van der Waals surface area contributed by atoms with Gasteiger partial charge in [0.1, 0.15) is 11.6 Å². The summed E-state index contributed by atoms with van der Waals surface area (Å²) in [7, 11) is 0. The average Bonchev–Trinajstić information content (AvgIpc) is 2.95. The van der Waals surface area contributed by atoms with E-state index in [0.717, 1.165) is 41.8 Å². The van der Waals surface area contributed by atoms with Crippen LogP contribution in [0.3, 0.4) is 0 Å². The molecule has 1 atom stereocenters. The summed E-state index contributed by atoms with van der Waals surface area (Å²) < 4.78 is 27.5. The summed E-state index contributed by atoms with van der Waals surface area (Å²) in [5, 5.41) is 2.63. The third kappa shape index (κ3) is 4.49. The molecule has 2 aromatic carbocycles. The molecule has 1 N–H and O–H groups in total. The number of benzene rings is 2. The zero-order chi connectivity index (χ0) is 22.9. The summed E-state index contributed by atoms with van der Waals surface area (Å²) in [6.45, 7) is 6.95. The van der Waals surface area contributed by atoms with Gasteiger partial charge in [0.05, 0.1) is 11.7 Å². The van der Waals surface area contributed by atoms with Crippen LogP contribution < -0.4 is 5.32 Å². The second-order valence-corrected chi connectivity index (χ2v) is 9.17. The van der Waals surface area contributed by atoms with Gasteiger partial charge in [-0.2, -0.15) is 0 Å². The number of carbonyl (C=O) groups excluding carboxylic acids is 1. The van der Waals surface area contributed by atoms with E-state index in [1.165, 1.54) is 11.6 Å². The van der Waals surface area contributed by atoms with Crippen LogP contribution in [0.1, 0.15) is 55.6 Å². The van der Waals surface area contributed by atoms with Crippen molar-refractivity contribution in [2.45, 2.75) is 45.1 Å². The first kappa shape index (κ1) is 21.9. The fraction of sp³-hybridized carbons (Fsp3) is 0.308. The molecule has 0 saturated carbocycles. The van der Waals surface area contributed by atoms with Crippen molar-refractivity contribution in [1.82, 2.24) is 9.88 Å². The van der Waals surface area contributed by atoms with Crippen molar-refractivity contribution in [3.05, 3.63) is 94.8 Å². The molecule has 166 valence electrons. The molecule has 0 bridgehead atoms. The van der Waals surface area contributed by atoms with E-state index in [1.54, 1.807) is 11.1 Å². The fourth-order valence-electron chi connectivity index (χ4n) is 4.14. The summed E-state index contributed by atoms with van der Waals surface area (Å²) >= 11 is 0. The molecular weight excluding hydrogens is 408 g/mol. The SMILES string of the molecule is CC(C)(C)c1ccc(C2c3cccnc3CCCN2C(=O)Nc2ccc(F)cc2F)cc1. The molecular formula is C26H27F2N3O. The van der Waals surface area contributed by atoms with E-state index in [0.29, 0.717) is 6.54 Å². The smallest absolute Gasteiger partial charge is 0.313 e. The standard InChI is InChI=1S/C26H27F2N3O/c1-26(2,3)18-10-8-17(9-11-18)24-20-6-4-14-29-22(20)7-5-15-31(24)25(32)30-23-13-12-19(27)16-21(23)28/h4,6,8-14,16,24H,5,7,15H2,1-3H3,(H,30,32). The fourth-order valence-corrected chi connectivity index (χ4v) is 4.14. The Morgan fingerprint density at radius 3 is 2.53 bits per heavy atom. The summed E-state index contributed by atoms with van der Waals surface area (Å²) in [5.74, 6) is -1.49. The van der Waals surface area contributed by atoms with E-state index in [4.69, 9.17) is 0 Å². The first-order valence-corrected chi connectivity index (χ1v) is 10.8. The van der Waals surface area contributed by atoms with E-state index >= 15 is 0 Å². The Hall–Kier alpha value is -3.28. The average molecular weight is 436 g/mol. The highest BCUT2D eigenvalue weighted by Crippen LogP contribution is 2.35. The number of amides is 2. The number of hydrogen-bond acceptors (Lipinski definition) is 2. The number of pyridine rings is 1. The van der Waals surface area contributed by atoms with Gasteiger partial charge in [-0.3, -0.25) is 4.98 Å². The molecule has 2 heterocycles. The number of aryl methyl sites for hydroxylation is 1. The van der Waals surface area contributed by atoms with Crippen molar-refractivity contribution in [3.63, 3.8) is 0 Å². The third-order valence-corrected chi connectivity index (χ3v) is 5.87. The lowest BCUT2D eigenvalue weighted by molar-refractivity contribution is 0.199. The molecule has 1 unspecified atom stereocenters. The highest BCUT2D eigenvalue weighted by molar-refractivity contribution is 5.90. The predicted molar refractivity (Wildman–Crippen MR) is 122 cm³/mol. The molecule has 1 aliphatic rings. The van der Waals surface area contributed by atoms with Crippen LogP contribution in [0.15, 0.2) is 60.8 Å². The first-order chi connectivity index (χ1) is 15.2. The maximum absolute atomic E-state index is 14.2. The minimum atomic E-state index is -0.804. The minimum Gasteiger partial charge on any atom is -0.313 e. The van der Waals surface area contributed by atoms with Crippen LogP contribution in [-0.4, -0.2) is 22.5 Å². The summed E-state index contributed by atoms with van der Waals surface area (Å²) in [4.78, 5) is 19.6. The quantitative estimate of drug-likeness (QED) is 0.519. The van der Waals surface area contributed by atoms with Gasteiger partial charge in [-0.1, -0.05) is 51.1 Å². The van der Waals surface area contributed by atoms with Crippen molar-refractivity contribution < 1.29 is 13.6 Å². The van der Waals surface area contributed by atoms with Crippen LogP contribution in [0.25, 0.3) is 0 Å². The number of urea groups is 1. The molecule has 0 aliphatic carbocycles. The Morgan fingerprint density at radius 1 is 1.09 bits per heavy atom. The normalized spacial score (nSPS) is 16.3. The molecule has 1 aliphatic heterocycles. The zero-order valence-corrected chi connectivity index (χ0v) is 18.5. The summed E-state index contributed by atoms with van der Waals surface area (Å²) in [6, 6.07) is 14.5. The van der Waals surface area contributed by atoms with Crippen LogP contribution in [0.2, 0.25) is 0 Å². The molecule has 0 spiro atoms. The third-order valence-electron chi connectivity index (χ3n) is 5.87. The maximum Gasteiger partial charge on any atom is 0.322 e. The van der Waals surface area contributed by atoms with Gasteiger partial charge in [0.15, 0.2) is 0 Å². The lowest BCUT2D eigenvalue weighted by Gasteiger charge is -2.32. The highest BCUT2D eigenvalue weighted by Gasteiger charge is 2.31. The number of aromatic nitrogens is 1. The monoisotopic (exact) mass is 435 g/mol. The van der Waals surface area contributed by atoms with Crippen molar-refractivity contribution in [3.8, 4) is 0 Å². The Labute approximate surface area is 187 Å². The van der Waals surface area contributed by atoms with Gasteiger partial charge in [-0.15, -0.1) is 0 Å². The van der Waals surface area contributed by atoms with Gasteiger partial charge < -0.3 is 10.2 Å². The van der Waals surface area contributed by atoms with Crippen molar-refractivity contribution in [2.24, 2.45) is 0 Å². The molecule has 0 radical (unpaired) electrons. The molecule has 2 amide bonds. The Balaban J connectivity index is 1.73. The lowest BCUT2D eigenvalue weighted by Crippen LogP contribution is -2.39. The zero-order valence-electron chi connectivity index (χ0n) is 18.5. The summed E-state index contributed by atoms with van der Waals surface area (Å²) in [6.07, 6.45) is 3.25. The van der Waals surface area contributed by atoms with E-state index in [1.807, 2.05) is 24.3 Å². The molecule has 6 heteroatoms. The van der Waals surface area contributed by atoms with Crippen LogP contribution in [0, 0.1) is 11.6 Å². The van der Waals surface area contributed by atoms with Gasteiger partial charge in [-0.05, 0) is 47.6 Å². The predicted octanol–water partition coefficient (Wildman–Crippen LogP) is 6.23. The van der Waals surface area contributed by atoms with E-state index in [2.05, 4.69) is 43.2 Å². The molecule has 4 rings (SSSR count). The molecule has 1 aromatic heterocycles. The number of halogens is 2. The van der Waals surface area contributed by atoms with Crippen molar-refractivity contribution in [1.29, 1.82) is 0 Å². The second kappa shape index (κ2) is 8.69. The second-order valence-electron chi connectivity index (χ2n) is 9.17. The van der Waals surface area contributed by atoms with Crippen LogP contribution in [0.5, 0.6) is 0 Å². The van der Waals surface area contributed by atoms with E-state index in [9.17, 15) is 13.6 Å². The van der Waals surface area contributed by atoms with Crippen molar-refractivity contribution >= 4 is 11.7 Å². The molecule has 32 heavy (non-hydrogen) atoms. The molecule has 0 fully saturated rings. The number of hydrogen-bond donors (Lipinski definition) is 1. The first-order valence-electron chi connectivity index (χ1n) is 10.8. The van der Waals surface area contributed by atoms with Gasteiger partial charge >= 0.3 is 6.03 Å². The van der Waals surface area contributed by atoms with Gasteiger partial charge in [-0.25, -0.2) is 13.6 Å². The van der Waals surface area contributed by atoms with Crippen LogP contribution >= 0.6 is 0 Å². The molecule has 3 aromatic rings. The largest absolute Gasteiger partial charge is 0.322 e. The van der Waals surface area contributed by atoms with Crippen molar-refractivity contribution in [2.75, 3.05) is 11.9 Å². The molecule has 0 saturated heterocycles. The Bertz CT molecular complexity index is 1120. The lowest BCUT2D eigenvalue weighted by atomic mass is 9.85. The highest BCUT2D eigenvalue weighted by atomic mass is 19.1. The number of anilines is 1. The minimum absolute atomic E-state index is 0.0125. The van der Waals surface area contributed by atoms with Crippen LogP contribution in [-0.2, 0) is 11.8 Å². The van der Waals surface area contributed by atoms with Gasteiger partial charge in [0.2, 0.25) is 0 Å². The number of nitrogens with zero attached hydrogens (tertiary/aromatic N) is 2. The number of rotatable bonds is 2. The van der Waals surface area contributed by atoms with Crippen LogP contribution in [0.4, 0.5) is 19.3 Å². The van der Waals surface area contributed by atoms with E-state index < -0.39 is 17.7 Å². The van der Waals surface area contributed by atoms with E-state index in [-0.39, 0.29) is 17.1 Å². The number of carbonyl (C=O) groups is 1.